The number of rotatable bonds is 3. The molecule has 0 amide bonds. The molecule has 0 radical (unpaired) electrons. The van der Waals surface area contributed by atoms with Gasteiger partial charge in [0.25, 0.3) is 0 Å². The first-order valence-corrected chi connectivity index (χ1v) is 6.13. The van der Waals surface area contributed by atoms with Crippen LogP contribution in [0.2, 0.25) is 0 Å². The van der Waals surface area contributed by atoms with Crippen LogP contribution in [-0.2, 0) is 6.54 Å². The Balaban J connectivity index is 1.55. The van der Waals surface area contributed by atoms with Gasteiger partial charge in [-0.1, -0.05) is 12.8 Å². The summed E-state index contributed by atoms with van der Waals surface area (Å²) in [5, 5.41) is 10.7. The highest BCUT2D eigenvalue weighted by Gasteiger charge is 2.34. The van der Waals surface area contributed by atoms with Crippen molar-refractivity contribution in [2.24, 2.45) is 11.8 Å². The number of H-pyrrole nitrogens is 1. The van der Waals surface area contributed by atoms with Crippen molar-refractivity contribution in [2.75, 3.05) is 0 Å². The zero-order valence-corrected chi connectivity index (χ0v) is 9.08. The topological polar surface area (TPSA) is 40.7 Å². The van der Waals surface area contributed by atoms with E-state index in [2.05, 4.69) is 15.5 Å². The van der Waals surface area contributed by atoms with Crippen molar-refractivity contribution in [2.45, 2.75) is 44.7 Å². The second-order valence-corrected chi connectivity index (χ2v) is 5.09. The zero-order valence-electron chi connectivity index (χ0n) is 9.08. The van der Waals surface area contributed by atoms with E-state index in [0.717, 1.165) is 24.4 Å². The van der Waals surface area contributed by atoms with E-state index in [9.17, 15) is 0 Å². The predicted octanol–water partition coefficient (Wildman–Crippen LogP) is 2.08. The lowest BCUT2D eigenvalue weighted by Gasteiger charge is -2.42. The van der Waals surface area contributed by atoms with Crippen molar-refractivity contribution in [3.8, 4) is 0 Å². The maximum atomic E-state index is 3.97. The molecule has 3 heteroatoms. The molecule has 0 saturated heterocycles. The fraction of sp³-hybridized carbons (Fsp3) is 0.750. The van der Waals surface area contributed by atoms with Crippen LogP contribution in [0.15, 0.2) is 12.3 Å². The number of nitrogens with one attached hydrogen (secondary N) is 2. The highest BCUT2D eigenvalue weighted by atomic mass is 15.1. The highest BCUT2D eigenvalue weighted by Crippen LogP contribution is 2.41. The van der Waals surface area contributed by atoms with Crippen molar-refractivity contribution in [1.29, 1.82) is 0 Å². The number of aromatic nitrogens is 2. The van der Waals surface area contributed by atoms with Crippen LogP contribution in [0.3, 0.4) is 0 Å². The van der Waals surface area contributed by atoms with Crippen LogP contribution in [0.5, 0.6) is 0 Å². The van der Waals surface area contributed by atoms with Crippen LogP contribution in [0.25, 0.3) is 0 Å². The second-order valence-electron chi connectivity index (χ2n) is 5.09. The van der Waals surface area contributed by atoms with Crippen LogP contribution < -0.4 is 5.32 Å². The van der Waals surface area contributed by atoms with Crippen LogP contribution in [0, 0.1) is 11.8 Å². The molecule has 2 bridgehead atoms. The molecule has 1 atom stereocenters. The van der Waals surface area contributed by atoms with Crippen molar-refractivity contribution in [3.05, 3.63) is 18.0 Å². The summed E-state index contributed by atoms with van der Waals surface area (Å²) < 4.78 is 0. The predicted molar refractivity (Wildman–Crippen MR) is 59.3 cm³/mol. The van der Waals surface area contributed by atoms with Crippen molar-refractivity contribution < 1.29 is 0 Å². The van der Waals surface area contributed by atoms with Gasteiger partial charge in [0, 0.05) is 24.5 Å². The Kier molecular flexibility index (Phi) is 2.49. The van der Waals surface area contributed by atoms with Gasteiger partial charge in [0.15, 0.2) is 0 Å². The van der Waals surface area contributed by atoms with Gasteiger partial charge in [0.05, 0.1) is 0 Å². The SMILES string of the molecule is c1cc(CN[C@H]2CC3CCC2CC3)[nH]n1. The average Bonchev–Trinajstić information content (AvgIpc) is 2.81. The molecule has 2 N–H and O–H groups in total. The maximum absolute atomic E-state index is 3.97. The number of nitrogens with zero attached hydrogens (tertiary/aromatic N) is 1. The van der Waals surface area contributed by atoms with Gasteiger partial charge in [-0.25, -0.2) is 0 Å². The van der Waals surface area contributed by atoms with E-state index in [1.165, 1.54) is 37.8 Å². The molecule has 0 aliphatic heterocycles. The smallest absolute Gasteiger partial charge is 0.0490 e. The summed E-state index contributed by atoms with van der Waals surface area (Å²) in [6, 6.07) is 2.81. The lowest BCUT2D eigenvalue weighted by Crippen LogP contribution is -2.44. The van der Waals surface area contributed by atoms with E-state index < -0.39 is 0 Å². The Labute approximate surface area is 90.7 Å². The Morgan fingerprint density at radius 3 is 2.80 bits per heavy atom. The van der Waals surface area contributed by atoms with Gasteiger partial charge in [0.1, 0.15) is 0 Å². The van der Waals surface area contributed by atoms with Crippen molar-refractivity contribution >= 4 is 0 Å². The van der Waals surface area contributed by atoms with Gasteiger partial charge >= 0.3 is 0 Å². The monoisotopic (exact) mass is 205 g/mol. The average molecular weight is 205 g/mol. The Morgan fingerprint density at radius 1 is 1.33 bits per heavy atom. The summed E-state index contributed by atoms with van der Waals surface area (Å²) in [5.74, 6) is 1.95. The normalized spacial score (nSPS) is 34.5. The molecular formula is C12H19N3. The van der Waals surface area contributed by atoms with Crippen LogP contribution in [0.4, 0.5) is 0 Å². The van der Waals surface area contributed by atoms with Gasteiger partial charge in [-0.15, -0.1) is 0 Å². The number of hydrogen-bond acceptors (Lipinski definition) is 2. The summed E-state index contributed by atoms with van der Waals surface area (Å²) in [5.41, 5.74) is 1.21. The van der Waals surface area contributed by atoms with Crippen LogP contribution >= 0.6 is 0 Å². The van der Waals surface area contributed by atoms with Gasteiger partial charge in [0.2, 0.25) is 0 Å². The molecule has 3 aliphatic carbocycles. The quantitative estimate of drug-likeness (QED) is 0.793. The first-order valence-electron chi connectivity index (χ1n) is 6.13. The molecule has 3 nitrogen and oxygen atoms in total. The molecule has 82 valence electrons. The lowest BCUT2D eigenvalue weighted by atomic mass is 9.68. The third-order valence-corrected chi connectivity index (χ3v) is 4.16. The molecule has 1 aromatic rings. The molecule has 4 rings (SSSR count). The number of hydrogen-bond donors (Lipinski definition) is 2. The highest BCUT2D eigenvalue weighted by molar-refractivity contribution is 4.98. The van der Waals surface area contributed by atoms with Gasteiger partial charge in [-0.2, -0.15) is 5.10 Å². The minimum absolute atomic E-state index is 0.765. The first-order chi connectivity index (χ1) is 7.42. The van der Waals surface area contributed by atoms with Crippen molar-refractivity contribution in [1.82, 2.24) is 15.5 Å². The molecule has 3 aliphatic rings. The third-order valence-electron chi connectivity index (χ3n) is 4.16. The van der Waals surface area contributed by atoms with E-state index in [1.807, 2.05) is 12.3 Å². The number of aromatic amines is 1. The fourth-order valence-electron chi connectivity index (χ4n) is 3.25. The molecule has 1 heterocycles. The molecule has 0 spiro atoms. The Hall–Kier alpha value is -0.830. The fourth-order valence-corrected chi connectivity index (χ4v) is 3.25. The summed E-state index contributed by atoms with van der Waals surface area (Å²) in [4.78, 5) is 0. The van der Waals surface area contributed by atoms with E-state index in [1.54, 1.807) is 0 Å². The van der Waals surface area contributed by atoms with Gasteiger partial charge in [-0.3, -0.25) is 5.10 Å². The van der Waals surface area contributed by atoms with Gasteiger partial charge in [-0.05, 0) is 37.2 Å². The summed E-state index contributed by atoms with van der Waals surface area (Å²) in [6.07, 6.45) is 9.08. The van der Waals surface area contributed by atoms with E-state index in [0.29, 0.717) is 0 Å². The molecule has 0 aromatic carbocycles. The first kappa shape index (κ1) is 9.40. The Morgan fingerprint density at radius 2 is 2.20 bits per heavy atom. The number of fused-ring (bicyclic) bond motifs is 3. The molecule has 15 heavy (non-hydrogen) atoms. The van der Waals surface area contributed by atoms with Crippen LogP contribution in [-0.4, -0.2) is 16.2 Å². The summed E-state index contributed by atoms with van der Waals surface area (Å²) in [7, 11) is 0. The molecular weight excluding hydrogens is 186 g/mol. The lowest BCUT2D eigenvalue weighted by molar-refractivity contribution is 0.123. The van der Waals surface area contributed by atoms with Crippen molar-refractivity contribution in [3.63, 3.8) is 0 Å². The molecule has 0 unspecified atom stereocenters. The third kappa shape index (κ3) is 1.93. The molecule has 3 fully saturated rings. The second kappa shape index (κ2) is 3.97. The minimum atomic E-state index is 0.765. The minimum Gasteiger partial charge on any atom is -0.308 e. The maximum Gasteiger partial charge on any atom is 0.0490 e. The standard InChI is InChI=1S/C12H19N3/c1-3-10-4-2-9(1)7-12(10)13-8-11-5-6-14-15-11/h5-6,9-10,12-13H,1-4,7-8H2,(H,14,15)/t9?,10?,12-/m0/s1. The summed E-state index contributed by atoms with van der Waals surface area (Å²) >= 11 is 0. The largest absolute Gasteiger partial charge is 0.308 e. The zero-order chi connectivity index (χ0) is 10.1. The van der Waals surface area contributed by atoms with Crippen LogP contribution in [0.1, 0.15) is 37.8 Å². The van der Waals surface area contributed by atoms with E-state index in [-0.39, 0.29) is 0 Å². The molecule has 3 saturated carbocycles. The summed E-state index contributed by atoms with van der Waals surface area (Å²) in [6.45, 7) is 0.952. The van der Waals surface area contributed by atoms with E-state index >= 15 is 0 Å². The molecule has 1 aromatic heterocycles. The Bertz CT molecular complexity index is 299. The van der Waals surface area contributed by atoms with Gasteiger partial charge < -0.3 is 5.32 Å². The van der Waals surface area contributed by atoms with E-state index in [4.69, 9.17) is 0 Å².